The van der Waals surface area contributed by atoms with E-state index in [0.29, 0.717) is 0 Å². The first-order valence-corrected chi connectivity index (χ1v) is 0. The van der Waals surface area contributed by atoms with E-state index in [9.17, 15) is 0 Å². The first-order valence-electron chi connectivity index (χ1n) is 0. The summed E-state index contributed by atoms with van der Waals surface area (Å²) >= 11 is 0. The van der Waals surface area contributed by atoms with Crippen LogP contribution in [0.15, 0.2) is 0 Å². The molecule has 1 atom stereocenters. The maximum Gasteiger partial charge on any atom is 3.00 e. The Hall–Kier alpha value is 1.82. The van der Waals surface area contributed by atoms with Gasteiger partial charge in [0.25, 0.3) is 0 Å². The van der Waals surface area contributed by atoms with Crippen molar-refractivity contribution in [2.24, 2.45) is 0 Å². The van der Waals surface area contributed by atoms with Gasteiger partial charge in [-0.3, -0.25) is 0 Å². The van der Waals surface area contributed by atoms with Gasteiger partial charge in [-0.25, -0.2) is 0 Å². The van der Waals surface area contributed by atoms with E-state index >= 15 is 0 Å². The van der Waals surface area contributed by atoms with Gasteiger partial charge in [-0.05, 0) is 0 Å². The Balaban J connectivity index is 0. The molecule has 0 saturated carbocycles. The Morgan fingerprint density at radius 2 is 1.00 bits per heavy atom. The van der Waals surface area contributed by atoms with Gasteiger partial charge in [0, 0.05) is 0 Å². The Labute approximate surface area is 75.1 Å². The molecule has 0 aliphatic rings. The van der Waals surface area contributed by atoms with E-state index in [1.165, 1.54) is 0 Å². The molecule has 3 N–H and O–H groups in total. The van der Waals surface area contributed by atoms with Crippen molar-refractivity contribution in [3.05, 3.63) is 0 Å². The molecule has 0 aliphatic carbocycles. The quantitative estimate of drug-likeness (QED) is 0.454. The van der Waals surface area contributed by atoms with E-state index in [1.54, 1.807) is 0 Å². The summed E-state index contributed by atoms with van der Waals surface area (Å²) in [5, 5.41) is 0. The minimum Gasteiger partial charge on any atom is -2.00 e. The van der Waals surface area contributed by atoms with Crippen molar-refractivity contribution in [3.63, 3.8) is 0 Å². The summed E-state index contributed by atoms with van der Waals surface area (Å²) in [6, 6.07) is 0. The molecular weight excluding hydrogens is 263 g/mol. The summed E-state index contributed by atoms with van der Waals surface area (Å²) in [6.45, 7) is 0. The molecule has 0 spiro atoms. The van der Waals surface area contributed by atoms with Crippen LogP contribution in [0.25, 0.3) is 0 Å². The fourth-order valence-corrected chi connectivity index (χ4v) is 0. The monoisotopic (exact) mass is 269 g/mol. The Morgan fingerprint density at radius 3 is 1.00 bits per heavy atom. The summed E-state index contributed by atoms with van der Waals surface area (Å²) in [6.07, 6.45) is 0. The van der Waals surface area contributed by atoms with Crippen molar-refractivity contribution in [2.75, 3.05) is 0 Å². The van der Waals surface area contributed by atoms with Crippen LogP contribution < -0.4 is 0 Å². The Morgan fingerprint density at radius 1 is 1.00 bits per heavy atom. The third-order valence-electron chi connectivity index (χ3n) is 0. The topological polar surface area (TPSA) is 90.0 Å². The second-order valence-electron chi connectivity index (χ2n) is 0. The second-order valence-corrected chi connectivity index (χ2v) is 0. The molecule has 33 valence electrons. The maximum absolute atomic E-state index is 0. The third kappa shape index (κ3) is 25.7. The molecule has 5 heteroatoms. The van der Waals surface area contributed by atoms with E-state index in [0.717, 1.165) is 0 Å². The van der Waals surface area contributed by atoms with Crippen LogP contribution in [0.3, 0.4) is 0 Å². The molecule has 0 aromatic rings. The molecule has 0 fully saturated rings. The zero-order valence-electron chi connectivity index (χ0n) is 2.56. The summed E-state index contributed by atoms with van der Waals surface area (Å²) in [5.74, 6) is 0. The van der Waals surface area contributed by atoms with Gasteiger partial charge in [-0.1, -0.05) is 0 Å². The molecule has 0 amide bonds. The zero-order valence-corrected chi connectivity index (χ0v) is 8.67. The zero-order chi connectivity index (χ0) is 0. The van der Waals surface area contributed by atoms with Crippen LogP contribution in [0.1, 0.15) is 0 Å². The van der Waals surface area contributed by atoms with Gasteiger partial charge in [-0.15, -0.1) is 0 Å². The van der Waals surface area contributed by atoms with Crippen molar-refractivity contribution in [2.45, 2.75) is 0 Å². The molecule has 0 aliphatic heterocycles. The van der Waals surface area contributed by atoms with E-state index in [-0.39, 0.29) is 76.1 Å². The van der Waals surface area contributed by atoms with Crippen LogP contribution in [0.5, 0.6) is 0 Å². The predicted octanol–water partition coefficient (Wildman–Crippen LogP) is -2.30. The number of hydrogen-bond acceptors (Lipinski definition) is 1. The van der Waals surface area contributed by atoms with E-state index in [4.69, 9.17) is 0 Å². The van der Waals surface area contributed by atoms with Crippen molar-refractivity contribution < 1.29 is 58.2 Å². The molecule has 5 heavy (non-hydrogen) atoms. The van der Waals surface area contributed by atoms with Gasteiger partial charge in [-0.2, -0.15) is 0 Å². The summed E-state index contributed by atoms with van der Waals surface area (Å²) in [7, 11) is 0. The normalized spacial score (nSPS) is 0. The number of hydrogen-bond donors (Lipinski definition) is 0. The SMILES string of the molecule is O.[AsH3].[Ce+3].[O-2].[OH-]. The van der Waals surface area contributed by atoms with Gasteiger partial charge in [0.15, 0.2) is 0 Å². The van der Waals surface area contributed by atoms with E-state index in [1.807, 2.05) is 0 Å². The largest absolute Gasteiger partial charge is 3.00 e. The average molecular weight is 269 g/mol. The average Bonchev–Trinajstić information content (AvgIpc) is 0. The first kappa shape index (κ1) is 70.0. The van der Waals surface area contributed by atoms with E-state index < -0.39 is 0 Å². The Kier molecular flexibility index (Phi) is 573. The molecule has 0 bridgehead atoms. The molecule has 0 aromatic carbocycles. The van der Waals surface area contributed by atoms with Gasteiger partial charge in [0.2, 0.25) is 0 Å². The van der Waals surface area contributed by atoms with Crippen molar-refractivity contribution >= 4 is 18.0 Å². The minimum atomic E-state index is 0. The van der Waals surface area contributed by atoms with Crippen LogP contribution in [0, 0.1) is 41.7 Å². The summed E-state index contributed by atoms with van der Waals surface area (Å²) in [5.41, 5.74) is 0. The molecule has 0 rings (SSSR count). The van der Waals surface area contributed by atoms with Gasteiger partial charge in [0.1, 0.15) is 0 Å². The van der Waals surface area contributed by atoms with Crippen molar-refractivity contribution in [3.8, 4) is 0 Å². The predicted molar refractivity (Wildman–Crippen MR) is 16.2 cm³/mol. The maximum atomic E-state index is 0. The summed E-state index contributed by atoms with van der Waals surface area (Å²) in [4.78, 5) is 0. The molecule has 0 heterocycles. The van der Waals surface area contributed by atoms with Crippen LogP contribution in [-0.4, -0.2) is 28.9 Å². The first-order chi connectivity index (χ1) is 0. The Bertz CT molecular complexity index is 6.85. The third-order valence-corrected chi connectivity index (χ3v) is 0. The standard InChI is InChI=1S/AsH3.Ce.2H2O.O/h1H3;;2*1H2;/q;+3;;;-2/p-1. The van der Waals surface area contributed by atoms with Crippen molar-refractivity contribution in [1.82, 2.24) is 0 Å². The van der Waals surface area contributed by atoms with Crippen LogP contribution in [0.2, 0.25) is 0 Å². The minimum absolute atomic E-state index is 0. The van der Waals surface area contributed by atoms with E-state index in [2.05, 4.69) is 0 Å². The smallest absolute Gasteiger partial charge is 2.00 e. The van der Waals surface area contributed by atoms with Gasteiger partial charge < -0.3 is 16.4 Å². The van der Waals surface area contributed by atoms with Gasteiger partial charge in [0.05, 0.1) is 0 Å². The van der Waals surface area contributed by atoms with Gasteiger partial charge >= 0.3 is 59.7 Å². The van der Waals surface area contributed by atoms with Crippen LogP contribution in [-0.2, 0) is 5.48 Å². The molecule has 1 unspecified atom stereocenters. The second kappa shape index (κ2) is 40.9. The fourth-order valence-electron chi connectivity index (χ4n) is 0. The van der Waals surface area contributed by atoms with Crippen LogP contribution in [0.4, 0.5) is 0 Å². The fraction of sp³-hybridized carbons (Fsp3) is 0. The van der Waals surface area contributed by atoms with Crippen LogP contribution >= 0.6 is 0 Å². The molecular formula is H6AsCeO3. The molecule has 3 nitrogen and oxygen atoms in total. The summed E-state index contributed by atoms with van der Waals surface area (Å²) < 4.78 is 0. The molecule has 0 saturated heterocycles. The molecule has 1 radical (unpaired) electrons. The number of rotatable bonds is 0. The molecule has 0 aromatic heterocycles. The van der Waals surface area contributed by atoms with Crippen molar-refractivity contribution in [1.29, 1.82) is 0 Å².